The van der Waals surface area contributed by atoms with Gasteiger partial charge in [0.05, 0.1) is 13.9 Å². The highest BCUT2D eigenvalue weighted by Gasteiger charge is 2.08. The molecule has 72 valence electrons. The molecule has 0 atom stereocenters. The number of aldehydes is 1. The maximum atomic E-state index is 10.7. The Labute approximate surface area is 95.1 Å². The summed E-state index contributed by atoms with van der Waals surface area (Å²) in [4.78, 5) is 10.7. The predicted molar refractivity (Wildman–Crippen MR) is 64.0 cm³/mol. The molecule has 1 nitrogen and oxygen atoms in total. The van der Waals surface area contributed by atoms with E-state index in [0.29, 0.717) is 10.6 Å². The molecular weight excluding hydrogens is 236 g/mol. The summed E-state index contributed by atoms with van der Waals surface area (Å²) in [5.41, 5.74) is 0.564. The normalized spacial score (nSPS) is 10.7. The zero-order chi connectivity index (χ0) is 10.1. The number of fused-ring (bicyclic) bond motifs is 1. The standard InChI is InChI=1S/C10H7ClOS2/c1-13-8-4-6-2-3-7(5-12)9(11)10(6)14-8/h2-5H,1H3. The lowest BCUT2D eigenvalue weighted by molar-refractivity contribution is 0.112. The van der Waals surface area contributed by atoms with Crippen molar-refractivity contribution in [2.75, 3.05) is 6.26 Å². The summed E-state index contributed by atoms with van der Waals surface area (Å²) in [7, 11) is 0. The summed E-state index contributed by atoms with van der Waals surface area (Å²) in [6, 6.07) is 5.78. The van der Waals surface area contributed by atoms with E-state index < -0.39 is 0 Å². The number of hydrogen-bond donors (Lipinski definition) is 0. The second-order valence-electron chi connectivity index (χ2n) is 2.77. The maximum Gasteiger partial charge on any atom is 0.151 e. The van der Waals surface area contributed by atoms with Crippen LogP contribution in [0.25, 0.3) is 10.1 Å². The fraction of sp³-hybridized carbons (Fsp3) is 0.100. The van der Waals surface area contributed by atoms with Crippen LogP contribution in [-0.2, 0) is 0 Å². The lowest BCUT2D eigenvalue weighted by Gasteiger charge is -1.95. The van der Waals surface area contributed by atoms with Gasteiger partial charge in [0.15, 0.2) is 6.29 Å². The van der Waals surface area contributed by atoms with Crippen LogP contribution in [0.5, 0.6) is 0 Å². The van der Waals surface area contributed by atoms with Crippen molar-refractivity contribution in [3.63, 3.8) is 0 Å². The SMILES string of the molecule is CSc1cc2ccc(C=O)c(Cl)c2s1. The Morgan fingerprint density at radius 1 is 1.50 bits per heavy atom. The van der Waals surface area contributed by atoms with Crippen LogP contribution in [0.2, 0.25) is 5.02 Å². The molecule has 0 saturated heterocycles. The number of benzene rings is 1. The second-order valence-corrected chi connectivity index (χ2v) is 5.31. The minimum absolute atomic E-state index is 0.564. The first-order valence-corrected chi connectivity index (χ1v) is 6.39. The average molecular weight is 243 g/mol. The van der Waals surface area contributed by atoms with Gasteiger partial charge in [0.25, 0.3) is 0 Å². The Morgan fingerprint density at radius 3 is 2.93 bits per heavy atom. The molecular formula is C10H7ClOS2. The Kier molecular flexibility index (Phi) is 2.81. The molecule has 1 aromatic heterocycles. The summed E-state index contributed by atoms with van der Waals surface area (Å²) >= 11 is 9.40. The maximum absolute atomic E-state index is 10.7. The quantitative estimate of drug-likeness (QED) is 0.583. The molecule has 0 N–H and O–H groups in total. The Morgan fingerprint density at radius 2 is 2.29 bits per heavy atom. The molecule has 0 fully saturated rings. The molecule has 1 heterocycles. The van der Waals surface area contributed by atoms with Crippen LogP contribution in [0.1, 0.15) is 10.4 Å². The lowest BCUT2D eigenvalue weighted by atomic mass is 10.2. The highest BCUT2D eigenvalue weighted by Crippen LogP contribution is 2.37. The van der Waals surface area contributed by atoms with Crippen LogP contribution in [0.3, 0.4) is 0 Å². The van der Waals surface area contributed by atoms with Crippen molar-refractivity contribution in [1.29, 1.82) is 0 Å². The molecule has 0 aliphatic rings. The third-order valence-electron chi connectivity index (χ3n) is 1.96. The number of hydrogen-bond acceptors (Lipinski definition) is 3. The van der Waals surface area contributed by atoms with Gasteiger partial charge < -0.3 is 0 Å². The van der Waals surface area contributed by atoms with Gasteiger partial charge in [0.2, 0.25) is 0 Å². The summed E-state index contributed by atoms with van der Waals surface area (Å²) in [6.07, 6.45) is 2.82. The van der Waals surface area contributed by atoms with Crippen molar-refractivity contribution in [3.05, 3.63) is 28.8 Å². The summed E-state index contributed by atoms with van der Waals surface area (Å²) in [5.74, 6) is 0. The number of rotatable bonds is 2. The number of carbonyl (C=O) groups is 1. The van der Waals surface area contributed by atoms with E-state index in [1.165, 1.54) is 4.21 Å². The number of halogens is 1. The molecule has 1 aromatic carbocycles. The van der Waals surface area contributed by atoms with Crippen LogP contribution in [0.15, 0.2) is 22.4 Å². The van der Waals surface area contributed by atoms with Crippen molar-refractivity contribution in [2.45, 2.75) is 4.21 Å². The van der Waals surface area contributed by atoms with Crippen molar-refractivity contribution >= 4 is 51.1 Å². The third kappa shape index (κ3) is 1.56. The minimum Gasteiger partial charge on any atom is -0.298 e. The molecule has 0 aliphatic heterocycles. The number of carbonyl (C=O) groups excluding carboxylic acids is 1. The fourth-order valence-electron chi connectivity index (χ4n) is 1.25. The Hall–Kier alpha value is -0.510. The van der Waals surface area contributed by atoms with Crippen molar-refractivity contribution in [3.8, 4) is 0 Å². The first kappa shape index (κ1) is 10.0. The first-order valence-electron chi connectivity index (χ1n) is 3.97. The summed E-state index contributed by atoms with van der Waals surface area (Å²) in [6.45, 7) is 0. The van der Waals surface area contributed by atoms with E-state index in [0.717, 1.165) is 16.4 Å². The molecule has 0 aliphatic carbocycles. The van der Waals surface area contributed by atoms with E-state index in [1.807, 2.05) is 12.3 Å². The van der Waals surface area contributed by atoms with Crippen molar-refractivity contribution in [1.82, 2.24) is 0 Å². The highest BCUT2D eigenvalue weighted by molar-refractivity contribution is 8.00. The van der Waals surface area contributed by atoms with Crippen LogP contribution in [-0.4, -0.2) is 12.5 Å². The molecule has 0 radical (unpaired) electrons. The van der Waals surface area contributed by atoms with Crippen LogP contribution >= 0.6 is 34.7 Å². The molecule has 2 rings (SSSR count). The molecule has 0 saturated carbocycles. The molecule has 0 spiro atoms. The fourth-order valence-corrected chi connectivity index (χ4v) is 3.25. The van der Waals surface area contributed by atoms with Gasteiger partial charge in [-0.2, -0.15) is 0 Å². The zero-order valence-electron chi connectivity index (χ0n) is 7.41. The zero-order valence-corrected chi connectivity index (χ0v) is 9.80. The topological polar surface area (TPSA) is 17.1 Å². The second kappa shape index (κ2) is 3.93. The van der Waals surface area contributed by atoms with Crippen LogP contribution < -0.4 is 0 Å². The summed E-state index contributed by atoms with van der Waals surface area (Å²) in [5, 5.41) is 1.68. The first-order chi connectivity index (χ1) is 6.76. The molecule has 2 aromatic rings. The molecule has 0 amide bonds. The Bertz CT molecular complexity index is 490. The van der Waals surface area contributed by atoms with Gasteiger partial charge >= 0.3 is 0 Å². The van der Waals surface area contributed by atoms with Gasteiger partial charge in [0, 0.05) is 5.56 Å². The number of thioether (sulfide) groups is 1. The van der Waals surface area contributed by atoms with E-state index in [2.05, 4.69) is 6.07 Å². The van der Waals surface area contributed by atoms with E-state index >= 15 is 0 Å². The minimum atomic E-state index is 0.564. The van der Waals surface area contributed by atoms with Gasteiger partial charge in [-0.3, -0.25) is 4.79 Å². The van der Waals surface area contributed by atoms with Gasteiger partial charge in [0.1, 0.15) is 0 Å². The highest BCUT2D eigenvalue weighted by atomic mass is 35.5. The van der Waals surface area contributed by atoms with E-state index in [-0.39, 0.29) is 0 Å². The van der Waals surface area contributed by atoms with Gasteiger partial charge in [-0.25, -0.2) is 0 Å². The third-order valence-corrected chi connectivity index (χ3v) is 4.71. The van der Waals surface area contributed by atoms with Crippen molar-refractivity contribution < 1.29 is 4.79 Å². The largest absolute Gasteiger partial charge is 0.298 e. The molecule has 4 heteroatoms. The summed E-state index contributed by atoms with van der Waals surface area (Å²) < 4.78 is 2.21. The van der Waals surface area contributed by atoms with Gasteiger partial charge in [-0.1, -0.05) is 17.7 Å². The predicted octanol–water partition coefficient (Wildman–Crippen LogP) is 4.09. The molecule has 0 bridgehead atoms. The van der Waals surface area contributed by atoms with Crippen LogP contribution in [0, 0.1) is 0 Å². The van der Waals surface area contributed by atoms with E-state index in [9.17, 15) is 4.79 Å². The van der Waals surface area contributed by atoms with Gasteiger partial charge in [-0.15, -0.1) is 23.1 Å². The Balaban J connectivity index is 2.74. The smallest absolute Gasteiger partial charge is 0.151 e. The lowest BCUT2D eigenvalue weighted by Crippen LogP contribution is -1.79. The van der Waals surface area contributed by atoms with Crippen LogP contribution in [0.4, 0.5) is 0 Å². The van der Waals surface area contributed by atoms with Crippen molar-refractivity contribution in [2.24, 2.45) is 0 Å². The molecule has 0 unspecified atom stereocenters. The number of thiophene rings is 1. The monoisotopic (exact) mass is 242 g/mol. The molecule has 14 heavy (non-hydrogen) atoms. The van der Waals surface area contributed by atoms with E-state index in [1.54, 1.807) is 29.2 Å². The van der Waals surface area contributed by atoms with Gasteiger partial charge in [-0.05, 0) is 23.8 Å². The van der Waals surface area contributed by atoms with E-state index in [4.69, 9.17) is 11.6 Å². The average Bonchev–Trinajstić information content (AvgIpc) is 2.62.